The number of hydrogen-bond donors (Lipinski definition) is 1. The Morgan fingerprint density at radius 2 is 1.62 bits per heavy atom. The predicted octanol–water partition coefficient (Wildman–Crippen LogP) is 5.32. The van der Waals surface area contributed by atoms with Crippen LogP contribution in [0.15, 0.2) is 73.1 Å². The van der Waals surface area contributed by atoms with Gasteiger partial charge in [0.25, 0.3) is 0 Å². The average molecular weight is 460 g/mol. The fourth-order valence-electron chi connectivity index (χ4n) is 4.46. The van der Waals surface area contributed by atoms with Crippen molar-refractivity contribution in [3.63, 3.8) is 0 Å². The van der Waals surface area contributed by atoms with E-state index in [1.807, 2.05) is 6.07 Å². The van der Waals surface area contributed by atoms with Crippen LogP contribution in [0.2, 0.25) is 0 Å². The van der Waals surface area contributed by atoms with Gasteiger partial charge in [-0.15, -0.1) is 0 Å². The van der Waals surface area contributed by atoms with E-state index in [2.05, 4.69) is 9.97 Å². The molecule has 0 fully saturated rings. The topological polar surface area (TPSA) is 72.1 Å². The van der Waals surface area contributed by atoms with Crippen molar-refractivity contribution in [3.8, 4) is 11.1 Å². The molecule has 0 aliphatic carbocycles. The van der Waals surface area contributed by atoms with E-state index in [9.17, 15) is 18.0 Å². The molecule has 2 N–H and O–H groups in total. The van der Waals surface area contributed by atoms with Gasteiger partial charge in [0.15, 0.2) is 5.82 Å². The summed E-state index contributed by atoms with van der Waals surface area (Å²) in [6.07, 6.45) is 2.78. The van der Waals surface area contributed by atoms with Crippen molar-refractivity contribution in [1.29, 1.82) is 0 Å². The van der Waals surface area contributed by atoms with Crippen LogP contribution in [0, 0.1) is 17.5 Å². The van der Waals surface area contributed by atoms with Crippen LogP contribution in [0.1, 0.15) is 18.1 Å². The van der Waals surface area contributed by atoms with Crippen molar-refractivity contribution in [1.82, 2.24) is 9.97 Å². The lowest BCUT2D eigenvalue weighted by Gasteiger charge is -2.24. The molecule has 0 saturated carbocycles. The van der Waals surface area contributed by atoms with Gasteiger partial charge in [-0.3, -0.25) is 9.69 Å². The Bertz CT molecular complexity index is 1400. The van der Waals surface area contributed by atoms with Crippen LogP contribution in [0.4, 0.5) is 30.5 Å². The van der Waals surface area contributed by atoms with E-state index in [1.165, 1.54) is 41.6 Å². The zero-order chi connectivity index (χ0) is 24.0. The minimum absolute atomic E-state index is 0.0407. The highest BCUT2D eigenvalue weighted by molar-refractivity contribution is 6.12. The second kappa shape index (κ2) is 7.98. The van der Waals surface area contributed by atoms with Crippen LogP contribution in [0.25, 0.3) is 11.1 Å². The SMILES string of the molecule is CC1(Cc2cc(F)cc(F)c2)C(=O)N(c2cnc(N)cn2)c2ccc(-c3cccc(F)c3)cc21. The molecule has 1 amide bonds. The molecule has 34 heavy (non-hydrogen) atoms. The average Bonchev–Trinajstić information content (AvgIpc) is 3.00. The van der Waals surface area contributed by atoms with Crippen LogP contribution in [-0.4, -0.2) is 15.9 Å². The van der Waals surface area contributed by atoms with Gasteiger partial charge < -0.3 is 5.73 Å². The first-order valence-corrected chi connectivity index (χ1v) is 10.5. The standard InChI is InChI=1S/C26H19F3N4O/c1-26(12-15-7-19(28)11-20(29)8-15)21-10-17(16-3-2-4-18(27)9-16)5-6-22(21)33(25(26)34)24-14-31-23(30)13-32-24/h2-11,13-14H,12H2,1H3,(H2,30,31). The normalized spacial score (nSPS) is 17.2. The number of fused-ring (bicyclic) bond motifs is 1. The minimum Gasteiger partial charge on any atom is -0.382 e. The molecule has 5 nitrogen and oxygen atoms in total. The van der Waals surface area contributed by atoms with Gasteiger partial charge >= 0.3 is 0 Å². The largest absolute Gasteiger partial charge is 0.382 e. The second-order valence-corrected chi connectivity index (χ2v) is 8.47. The van der Waals surface area contributed by atoms with Crippen LogP contribution in [0.5, 0.6) is 0 Å². The number of carbonyl (C=O) groups is 1. The van der Waals surface area contributed by atoms with Crippen molar-refractivity contribution in [2.45, 2.75) is 18.8 Å². The highest BCUT2D eigenvalue weighted by Gasteiger charge is 2.48. The zero-order valence-electron chi connectivity index (χ0n) is 18.1. The van der Waals surface area contributed by atoms with Crippen molar-refractivity contribution >= 4 is 23.2 Å². The number of anilines is 3. The highest BCUT2D eigenvalue weighted by Crippen LogP contribution is 2.48. The Morgan fingerprint density at radius 3 is 2.29 bits per heavy atom. The number of hydrogen-bond acceptors (Lipinski definition) is 4. The first kappa shape index (κ1) is 21.6. The van der Waals surface area contributed by atoms with E-state index in [-0.39, 0.29) is 29.8 Å². The summed E-state index contributed by atoms with van der Waals surface area (Å²) in [5.74, 6) is -1.69. The van der Waals surface area contributed by atoms with E-state index in [4.69, 9.17) is 5.73 Å². The third kappa shape index (κ3) is 3.67. The molecule has 2 heterocycles. The van der Waals surface area contributed by atoms with Crippen molar-refractivity contribution in [2.24, 2.45) is 0 Å². The van der Waals surface area contributed by atoms with Crippen molar-refractivity contribution in [2.75, 3.05) is 10.6 Å². The Kier molecular flexibility index (Phi) is 5.08. The third-order valence-corrected chi connectivity index (χ3v) is 6.03. The molecular weight excluding hydrogens is 441 g/mol. The van der Waals surface area contributed by atoms with E-state index >= 15 is 0 Å². The number of nitrogen functional groups attached to an aromatic ring is 1. The van der Waals surface area contributed by atoms with Gasteiger partial charge in [-0.1, -0.05) is 18.2 Å². The summed E-state index contributed by atoms with van der Waals surface area (Å²) in [6, 6.07) is 14.7. The van der Waals surface area contributed by atoms with Gasteiger partial charge in [0.1, 0.15) is 23.3 Å². The third-order valence-electron chi connectivity index (χ3n) is 6.03. The molecule has 4 aromatic rings. The first-order valence-electron chi connectivity index (χ1n) is 10.5. The number of rotatable bonds is 4. The lowest BCUT2D eigenvalue weighted by molar-refractivity contribution is -0.122. The zero-order valence-corrected chi connectivity index (χ0v) is 18.1. The van der Waals surface area contributed by atoms with Crippen LogP contribution >= 0.6 is 0 Å². The quantitative estimate of drug-likeness (QED) is 0.447. The number of carbonyl (C=O) groups excluding carboxylic acids is 1. The molecule has 3 aromatic carbocycles. The molecule has 0 radical (unpaired) electrons. The summed E-state index contributed by atoms with van der Waals surface area (Å²) in [4.78, 5) is 23.5. The Labute approximate surface area is 193 Å². The number of amides is 1. The molecule has 0 bridgehead atoms. The maximum absolute atomic E-state index is 13.9. The van der Waals surface area contributed by atoms with Crippen LogP contribution < -0.4 is 10.6 Å². The van der Waals surface area contributed by atoms with Gasteiger partial charge in [-0.2, -0.15) is 0 Å². The minimum atomic E-state index is -1.18. The maximum atomic E-state index is 13.9. The number of halogens is 3. The van der Waals surface area contributed by atoms with Gasteiger partial charge in [0.2, 0.25) is 5.91 Å². The molecule has 0 saturated heterocycles. The number of nitrogens with zero attached hydrogens (tertiary/aromatic N) is 3. The summed E-state index contributed by atoms with van der Waals surface area (Å²) in [6.45, 7) is 1.72. The monoisotopic (exact) mass is 460 g/mol. The van der Waals surface area contributed by atoms with E-state index < -0.39 is 17.0 Å². The van der Waals surface area contributed by atoms with Gasteiger partial charge in [-0.25, -0.2) is 23.1 Å². The number of benzene rings is 3. The Hall–Kier alpha value is -4.20. The second-order valence-electron chi connectivity index (χ2n) is 8.47. The Balaban J connectivity index is 1.68. The smallest absolute Gasteiger partial charge is 0.243 e. The molecule has 1 aliphatic rings. The summed E-state index contributed by atoms with van der Waals surface area (Å²) in [7, 11) is 0. The lowest BCUT2D eigenvalue weighted by Crippen LogP contribution is -2.38. The van der Waals surface area contributed by atoms with Crippen molar-refractivity contribution in [3.05, 3.63) is 102 Å². The fraction of sp³-hybridized carbons (Fsp3) is 0.115. The van der Waals surface area contributed by atoms with E-state index in [0.717, 1.165) is 6.07 Å². The number of nitrogens with two attached hydrogens (primary N) is 1. The molecule has 5 rings (SSSR count). The summed E-state index contributed by atoms with van der Waals surface area (Å²) in [5, 5.41) is 0. The summed E-state index contributed by atoms with van der Waals surface area (Å²) in [5.41, 5.74) is 7.34. The van der Waals surface area contributed by atoms with Crippen LogP contribution in [-0.2, 0) is 16.6 Å². The van der Waals surface area contributed by atoms with E-state index in [1.54, 1.807) is 31.2 Å². The summed E-state index contributed by atoms with van der Waals surface area (Å²) < 4.78 is 41.7. The van der Waals surface area contributed by atoms with Gasteiger partial charge in [-0.05, 0) is 72.0 Å². The molecule has 1 aliphatic heterocycles. The molecular formula is C26H19F3N4O. The predicted molar refractivity (Wildman–Crippen MR) is 123 cm³/mol. The van der Waals surface area contributed by atoms with E-state index in [0.29, 0.717) is 27.9 Å². The molecule has 8 heteroatoms. The Morgan fingerprint density at radius 1 is 0.882 bits per heavy atom. The molecule has 0 spiro atoms. The molecule has 1 atom stereocenters. The highest BCUT2D eigenvalue weighted by atomic mass is 19.1. The molecule has 170 valence electrons. The van der Waals surface area contributed by atoms with Crippen LogP contribution in [0.3, 0.4) is 0 Å². The van der Waals surface area contributed by atoms with Gasteiger partial charge in [0, 0.05) is 6.07 Å². The van der Waals surface area contributed by atoms with Gasteiger partial charge in [0.05, 0.1) is 23.5 Å². The lowest BCUT2D eigenvalue weighted by atomic mass is 9.77. The number of aromatic nitrogens is 2. The van der Waals surface area contributed by atoms with Crippen molar-refractivity contribution < 1.29 is 18.0 Å². The molecule has 1 aromatic heterocycles. The first-order chi connectivity index (χ1) is 16.2. The fourth-order valence-corrected chi connectivity index (χ4v) is 4.46. The molecule has 1 unspecified atom stereocenters. The maximum Gasteiger partial charge on any atom is 0.243 e. The summed E-state index contributed by atoms with van der Waals surface area (Å²) >= 11 is 0.